The topological polar surface area (TPSA) is 228 Å². The van der Waals surface area contributed by atoms with Crippen LogP contribution < -0.4 is 5.32 Å². The van der Waals surface area contributed by atoms with Gasteiger partial charge in [0.2, 0.25) is 5.91 Å². The van der Waals surface area contributed by atoms with Crippen molar-refractivity contribution >= 4 is 5.91 Å². The normalized spacial score (nSPS) is 28.3. The van der Waals surface area contributed by atoms with E-state index < -0.39 is 86.8 Å². The van der Waals surface area contributed by atoms with Gasteiger partial charge < -0.3 is 65.1 Å². The van der Waals surface area contributed by atoms with Gasteiger partial charge in [-0.2, -0.15) is 0 Å². The molecule has 2 heterocycles. The Hall–Kier alpha value is -2.83. The predicted octanol–water partition coefficient (Wildman–Crippen LogP) is 5.04. The highest BCUT2D eigenvalue weighted by atomic mass is 16.7. The third-order valence-electron chi connectivity index (χ3n) is 10.9. The number of aliphatic hydroxyl groups is 8. The fourth-order valence-electron chi connectivity index (χ4n) is 7.02. The third kappa shape index (κ3) is 23.3. The molecule has 0 aromatic heterocycles. The zero-order valence-electron chi connectivity index (χ0n) is 37.8. The average Bonchev–Trinajstić information content (AvgIpc) is 3.28. The molecule has 2 rings (SSSR count). The summed E-state index contributed by atoms with van der Waals surface area (Å²) in [6.45, 7) is 2.55. The van der Waals surface area contributed by atoms with Crippen molar-refractivity contribution in [2.75, 3.05) is 19.8 Å². The molecule has 0 spiro atoms. The molecule has 14 heteroatoms. The molecule has 0 aromatic carbocycles. The Morgan fingerprint density at radius 2 is 1.10 bits per heavy atom. The van der Waals surface area contributed by atoms with Gasteiger partial charge in [-0.3, -0.25) is 4.79 Å². The van der Waals surface area contributed by atoms with Crippen LogP contribution in [-0.4, -0.2) is 140 Å². The number of carbonyl (C=O) groups is 1. The molecule has 9 N–H and O–H groups in total. The van der Waals surface area contributed by atoms with Crippen molar-refractivity contribution in [3.63, 3.8) is 0 Å². The molecule has 2 saturated heterocycles. The van der Waals surface area contributed by atoms with E-state index in [2.05, 4.69) is 79.9 Å². The fraction of sp³-hybridized carbons (Fsp3) is 0.694. The molecule has 12 atom stereocenters. The van der Waals surface area contributed by atoms with Gasteiger partial charge in [0.25, 0.3) is 0 Å². The lowest BCUT2D eigenvalue weighted by Gasteiger charge is -2.46. The summed E-state index contributed by atoms with van der Waals surface area (Å²) in [5, 5.41) is 86.4. The molecule has 0 bridgehead atoms. The van der Waals surface area contributed by atoms with E-state index in [0.717, 1.165) is 64.2 Å². The van der Waals surface area contributed by atoms with Gasteiger partial charge in [-0.25, -0.2) is 0 Å². The minimum absolute atomic E-state index is 0.151. The van der Waals surface area contributed by atoms with Crippen LogP contribution in [0.2, 0.25) is 0 Å². The smallest absolute Gasteiger partial charge is 0.220 e. The Balaban J connectivity index is 1.91. The van der Waals surface area contributed by atoms with Gasteiger partial charge in [0, 0.05) is 6.42 Å². The van der Waals surface area contributed by atoms with E-state index in [-0.39, 0.29) is 18.9 Å². The Kier molecular flexibility index (Phi) is 31.7. The minimum Gasteiger partial charge on any atom is -0.394 e. The Morgan fingerprint density at radius 1 is 0.587 bits per heavy atom. The molecular weight excluding hydrogens is 811 g/mol. The maximum atomic E-state index is 13.1. The molecule has 0 saturated carbocycles. The number of ether oxygens (including phenoxy) is 4. The maximum absolute atomic E-state index is 13.1. The van der Waals surface area contributed by atoms with E-state index >= 15 is 0 Å². The van der Waals surface area contributed by atoms with Gasteiger partial charge in [-0.15, -0.1) is 0 Å². The van der Waals surface area contributed by atoms with Crippen LogP contribution in [0.5, 0.6) is 0 Å². The number of nitrogens with one attached hydrogen (secondary N) is 1. The number of hydrogen-bond acceptors (Lipinski definition) is 13. The van der Waals surface area contributed by atoms with Crippen molar-refractivity contribution in [3.8, 4) is 0 Å². The number of aliphatic hydroxyl groups excluding tert-OH is 8. The van der Waals surface area contributed by atoms with Crippen LogP contribution in [0.15, 0.2) is 85.1 Å². The first-order valence-corrected chi connectivity index (χ1v) is 23.3. The lowest BCUT2D eigenvalue weighted by Crippen LogP contribution is -2.65. The second-order valence-electron chi connectivity index (χ2n) is 16.1. The second-order valence-corrected chi connectivity index (χ2v) is 16.1. The first-order valence-electron chi connectivity index (χ1n) is 23.3. The number of carbonyl (C=O) groups excluding carboxylic acids is 1. The van der Waals surface area contributed by atoms with Crippen molar-refractivity contribution in [1.29, 1.82) is 0 Å². The monoisotopic (exact) mass is 892 g/mol. The standard InChI is InChI=1S/C49H81NO13/c1-3-5-7-9-11-13-15-16-17-18-19-20-21-22-23-25-27-29-31-33-41(54)50-37(38(53)32-30-28-26-24-14-12-10-8-6-4-2)36-60-48-46(59)44(57)47(40(35-52)62-48)63-49-45(58)43(56)42(55)39(34-51)61-49/h5,7,11,13,16-17,19-20,22-23,27,29-30,32,37-40,42-49,51-53,55-59H,3-4,6,8-10,12,14-15,18,21,24-26,28,31,33-36H2,1-2H3,(H,50,54)/b7-5-,13-11-,17-16-,20-19-,23-22-,29-27-,32-30+. The molecule has 0 aliphatic carbocycles. The summed E-state index contributed by atoms with van der Waals surface area (Å²) >= 11 is 0. The van der Waals surface area contributed by atoms with Crippen molar-refractivity contribution < 1.29 is 64.6 Å². The van der Waals surface area contributed by atoms with Gasteiger partial charge in [0.05, 0.1) is 32.0 Å². The first kappa shape index (κ1) is 56.3. The van der Waals surface area contributed by atoms with E-state index in [1.807, 2.05) is 18.2 Å². The highest BCUT2D eigenvalue weighted by Crippen LogP contribution is 2.30. The molecule has 0 aromatic rings. The molecule has 2 aliphatic rings. The lowest BCUT2D eigenvalue weighted by atomic mass is 9.97. The quantitative estimate of drug-likeness (QED) is 0.0312. The van der Waals surface area contributed by atoms with Crippen LogP contribution in [-0.2, 0) is 23.7 Å². The predicted molar refractivity (Wildman–Crippen MR) is 244 cm³/mol. The number of allylic oxidation sites excluding steroid dienone is 13. The summed E-state index contributed by atoms with van der Waals surface area (Å²) in [6, 6.07) is -0.957. The lowest BCUT2D eigenvalue weighted by molar-refractivity contribution is -0.359. The average molecular weight is 892 g/mol. The van der Waals surface area contributed by atoms with E-state index in [0.29, 0.717) is 6.42 Å². The van der Waals surface area contributed by atoms with E-state index in [1.54, 1.807) is 6.08 Å². The molecule has 360 valence electrons. The zero-order chi connectivity index (χ0) is 46.1. The van der Waals surface area contributed by atoms with Crippen LogP contribution in [0.3, 0.4) is 0 Å². The van der Waals surface area contributed by atoms with Gasteiger partial charge >= 0.3 is 0 Å². The third-order valence-corrected chi connectivity index (χ3v) is 10.9. The van der Waals surface area contributed by atoms with Gasteiger partial charge in [0.15, 0.2) is 12.6 Å². The molecule has 63 heavy (non-hydrogen) atoms. The Labute approximate surface area is 376 Å². The Morgan fingerprint density at radius 3 is 1.65 bits per heavy atom. The van der Waals surface area contributed by atoms with E-state index in [4.69, 9.17) is 18.9 Å². The first-order chi connectivity index (χ1) is 30.6. The van der Waals surface area contributed by atoms with Crippen LogP contribution >= 0.6 is 0 Å². The summed E-state index contributed by atoms with van der Waals surface area (Å²) in [5.74, 6) is -0.329. The van der Waals surface area contributed by atoms with Crippen molar-refractivity contribution in [1.82, 2.24) is 5.32 Å². The molecule has 0 radical (unpaired) electrons. The Bertz CT molecular complexity index is 1380. The molecule has 12 unspecified atom stereocenters. The van der Waals surface area contributed by atoms with Crippen molar-refractivity contribution in [2.24, 2.45) is 0 Å². The van der Waals surface area contributed by atoms with Crippen molar-refractivity contribution in [2.45, 2.75) is 197 Å². The van der Waals surface area contributed by atoms with Gasteiger partial charge in [-0.05, 0) is 57.8 Å². The van der Waals surface area contributed by atoms with Crippen LogP contribution in [0.25, 0.3) is 0 Å². The fourth-order valence-corrected chi connectivity index (χ4v) is 7.02. The zero-order valence-corrected chi connectivity index (χ0v) is 37.8. The summed E-state index contributed by atoms with van der Waals surface area (Å²) in [7, 11) is 0. The number of unbranched alkanes of at least 4 members (excludes halogenated alkanes) is 8. The molecule has 2 aliphatic heterocycles. The number of hydrogen-bond donors (Lipinski definition) is 9. The summed E-state index contributed by atoms with van der Waals surface area (Å²) in [4.78, 5) is 13.1. The van der Waals surface area contributed by atoms with E-state index in [1.165, 1.54) is 32.1 Å². The van der Waals surface area contributed by atoms with E-state index in [9.17, 15) is 45.6 Å². The highest BCUT2D eigenvalue weighted by molar-refractivity contribution is 5.76. The van der Waals surface area contributed by atoms with Crippen LogP contribution in [0.4, 0.5) is 0 Å². The summed E-state index contributed by atoms with van der Waals surface area (Å²) in [5.41, 5.74) is 0. The molecule has 2 fully saturated rings. The van der Waals surface area contributed by atoms with Gasteiger partial charge in [-0.1, -0.05) is 144 Å². The summed E-state index contributed by atoms with van der Waals surface area (Å²) in [6.07, 6.45) is 27.9. The minimum atomic E-state index is -1.80. The van der Waals surface area contributed by atoms with Crippen LogP contribution in [0, 0.1) is 0 Å². The molecule has 1 amide bonds. The SMILES string of the molecule is CC/C=C\C/C=C\C/C=C\C/C=C\C/C=C\C/C=C\CCC(=O)NC(COC1OC(CO)C(OC2OC(CO)C(O)C(O)C2O)C(O)C1O)C(O)/C=C/CCCCCCCCCC. The highest BCUT2D eigenvalue weighted by Gasteiger charge is 2.50. The number of amides is 1. The maximum Gasteiger partial charge on any atom is 0.220 e. The number of rotatable bonds is 33. The van der Waals surface area contributed by atoms with Crippen molar-refractivity contribution in [3.05, 3.63) is 85.1 Å². The molecular formula is C49H81NO13. The summed E-state index contributed by atoms with van der Waals surface area (Å²) < 4.78 is 22.6. The van der Waals surface area contributed by atoms with Crippen LogP contribution in [0.1, 0.15) is 123 Å². The second kappa shape index (κ2) is 35.4. The molecule has 14 nitrogen and oxygen atoms in total. The largest absolute Gasteiger partial charge is 0.394 e. The van der Waals surface area contributed by atoms with Gasteiger partial charge in [0.1, 0.15) is 48.8 Å².